The molecule has 1 aliphatic rings. The van der Waals surface area contributed by atoms with Crippen molar-refractivity contribution in [1.29, 1.82) is 0 Å². The lowest BCUT2D eigenvalue weighted by Gasteiger charge is -2.35. The number of esters is 1. The van der Waals surface area contributed by atoms with Gasteiger partial charge in [0.15, 0.2) is 5.11 Å². The highest BCUT2D eigenvalue weighted by Gasteiger charge is 2.33. The van der Waals surface area contributed by atoms with Crippen LogP contribution >= 0.6 is 23.6 Å². The topological polar surface area (TPSA) is 70.7 Å². The van der Waals surface area contributed by atoms with Crippen LogP contribution in [-0.4, -0.2) is 35.5 Å². The van der Waals surface area contributed by atoms with Gasteiger partial charge >= 0.3 is 5.97 Å². The molecule has 8 heteroatoms. The number of anilines is 1. The van der Waals surface area contributed by atoms with Crippen LogP contribution in [0.5, 0.6) is 0 Å². The number of rotatable bonds is 6. The fourth-order valence-electron chi connectivity index (χ4n) is 3.13. The zero-order chi connectivity index (χ0) is 21.0. The van der Waals surface area contributed by atoms with Crippen molar-refractivity contribution >= 4 is 46.2 Å². The molecule has 2 aromatic rings. The molecular weight excluding hydrogens is 406 g/mol. The van der Waals surface area contributed by atoms with Gasteiger partial charge in [-0.25, -0.2) is 4.79 Å². The zero-order valence-corrected chi connectivity index (χ0v) is 18.2. The van der Waals surface area contributed by atoms with E-state index in [4.69, 9.17) is 17.0 Å². The van der Waals surface area contributed by atoms with Gasteiger partial charge in [0.25, 0.3) is 0 Å². The van der Waals surface area contributed by atoms with E-state index in [2.05, 4.69) is 10.6 Å². The number of carbonyl (C=O) groups is 2. The molecule has 0 bridgehead atoms. The second kappa shape index (κ2) is 9.19. The lowest BCUT2D eigenvalue weighted by atomic mass is 9.95. The van der Waals surface area contributed by atoms with Crippen LogP contribution in [0.3, 0.4) is 0 Å². The number of hydrogen-bond donors (Lipinski definition) is 2. The number of carbonyl (C=O) groups excluding carboxylic acids is 2. The summed E-state index contributed by atoms with van der Waals surface area (Å²) in [7, 11) is 1.81. The van der Waals surface area contributed by atoms with Crippen LogP contribution in [0.1, 0.15) is 30.3 Å². The SMILES string of the molecule is CCOC(=O)C1=C(C)N(C)C(=S)NC1c1cccc(NC(=O)Cc2cccs2)c1. The Hall–Kier alpha value is -2.71. The molecule has 0 radical (unpaired) electrons. The predicted octanol–water partition coefficient (Wildman–Crippen LogP) is 3.63. The first-order chi connectivity index (χ1) is 13.9. The van der Waals surface area contributed by atoms with Crippen molar-refractivity contribution in [3.05, 3.63) is 63.5 Å². The summed E-state index contributed by atoms with van der Waals surface area (Å²) in [6, 6.07) is 10.8. The first-order valence-corrected chi connectivity index (χ1v) is 10.5. The number of nitrogens with one attached hydrogen (secondary N) is 2. The Labute approximate surface area is 179 Å². The van der Waals surface area contributed by atoms with E-state index >= 15 is 0 Å². The summed E-state index contributed by atoms with van der Waals surface area (Å²) in [6.07, 6.45) is 0.325. The zero-order valence-electron chi connectivity index (χ0n) is 16.5. The standard InChI is InChI=1S/C21H23N3O3S2/c1-4-27-20(26)18-13(2)24(3)21(28)23-19(18)14-7-5-8-15(11-14)22-17(25)12-16-9-6-10-29-16/h5-11,19H,4,12H2,1-3H3,(H,22,25)(H,23,28). The van der Waals surface area contributed by atoms with E-state index in [-0.39, 0.29) is 18.5 Å². The third kappa shape index (κ3) is 4.83. The largest absolute Gasteiger partial charge is 0.463 e. The van der Waals surface area contributed by atoms with Crippen molar-refractivity contribution < 1.29 is 14.3 Å². The van der Waals surface area contributed by atoms with Crippen LogP contribution in [0.2, 0.25) is 0 Å². The molecule has 2 heterocycles. The lowest BCUT2D eigenvalue weighted by molar-refractivity contribution is -0.139. The number of amides is 1. The molecule has 1 aromatic heterocycles. The van der Waals surface area contributed by atoms with Crippen molar-refractivity contribution in [2.75, 3.05) is 19.0 Å². The molecule has 152 valence electrons. The molecule has 1 aliphatic heterocycles. The highest BCUT2D eigenvalue weighted by Crippen LogP contribution is 2.32. The summed E-state index contributed by atoms with van der Waals surface area (Å²) in [6.45, 7) is 3.91. The Morgan fingerprint density at radius 2 is 2.10 bits per heavy atom. The van der Waals surface area contributed by atoms with Gasteiger partial charge in [-0.15, -0.1) is 11.3 Å². The van der Waals surface area contributed by atoms with Gasteiger partial charge in [0.1, 0.15) is 0 Å². The van der Waals surface area contributed by atoms with E-state index in [9.17, 15) is 9.59 Å². The molecule has 0 aliphatic carbocycles. The molecule has 1 atom stereocenters. The maximum Gasteiger partial charge on any atom is 0.338 e. The van der Waals surface area contributed by atoms with Crippen LogP contribution in [0, 0.1) is 0 Å². The fraction of sp³-hybridized carbons (Fsp3) is 0.286. The van der Waals surface area contributed by atoms with Crippen molar-refractivity contribution in [1.82, 2.24) is 10.2 Å². The first-order valence-electron chi connectivity index (χ1n) is 9.25. The van der Waals surface area contributed by atoms with Crippen LogP contribution in [0.4, 0.5) is 5.69 Å². The minimum absolute atomic E-state index is 0.0891. The van der Waals surface area contributed by atoms with E-state index in [0.29, 0.717) is 22.8 Å². The van der Waals surface area contributed by atoms with Crippen molar-refractivity contribution in [2.45, 2.75) is 26.3 Å². The van der Waals surface area contributed by atoms with Gasteiger partial charge in [0, 0.05) is 23.3 Å². The van der Waals surface area contributed by atoms with Crippen LogP contribution < -0.4 is 10.6 Å². The Bertz CT molecular complexity index is 954. The Morgan fingerprint density at radius 1 is 1.31 bits per heavy atom. The fourth-order valence-corrected chi connectivity index (χ4v) is 4.09. The monoisotopic (exact) mass is 429 g/mol. The molecule has 0 saturated heterocycles. The molecule has 1 amide bonds. The van der Waals surface area contributed by atoms with Gasteiger partial charge in [-0.1, -0.05) is 18.2 Å². The lowest BCUT2D eigenvalue weighted by Crippen LogP contribution is -2.46. The summed E-state index contributed by atoms with van der Waals surface area (Å²) in [5, 5.41) is 8.60. The highest BCUT2D eigenvalue weighted by molar-refractivity contribution is 7.80. The van der Waals surface area contributed by atoms with Gasteiger partial charge in [0.2, 0.25) is 5.91 Å². The number of thiophene rings is 1. The summed E-state index contributed by atoms with van der Waals surface area (Å²) in [5.74, 6) is -0.474. The molecule has 0 saturated carbocycles. The Kier molecular flexibility index (Phi) is 6.66. The predicted molar refractivity (Wildman–Crippen MR) is 119 cm³/mol. The number of benzene rings is 1. The summed E-state index contributed by atoms with van der Waals surface area (Å²) >= 11 is 6.96. The number of ether oxygens (including phenoxy) is 1. The van der Waals surface area contributed by atoms with Crippen molar-refractivity contribution in [3.63, 3.8) is 0 Å². The van der Waals surface area contributed by atoms with E-state index in [1.807, 2.05) is 48.7 Å². The van der Waals surface area contributed by atoms with Gasteiger partial charge in [-0.05, 0) is 55.2 Å². The van der Waals surface area contributed by atoms with E-state index < -0.39 is 6.04 Å². The number of hydrogen-bond acceptors (Lipinski definition) is 5. The smallest absolute Gasteiger partial charge is 0.338 e. The summed E-state index contributed by atoms with van der Waals surface area (Å²) in [4.78, 5) is 27.7. The quantitative estimate of drug-likeness (QED) is 0.540. The van der Waals surface area contributed by atoms with Gasteiger partial charge in [-0.3, -0.25) is 4.79 Å². The van der Waals surface area contributed by atoms with Crippen LogP contribution in [0.25, 0.3) is 0 Å². The van der Waals surface area contributed by atoms with Gasteiger partial charge < -0.3 is 20.3 Å². The maximum atomic E-state index is 12.6. The van der Waals surface area contributed by atoms with Crippen molar-refractivity contribution in [3.8, 4) is 0 Å². The molecule has 29 heavy (non-hydrogen) atoms. The molecule has 0 fully saturated rings. The first kappa shape index (κ1) is 21.0. The third-order valence-corrected chi connectivity index (χ3v) is 5.94. The number of nitrogens with zero attached hydrogens (tertiary/aromatic N) is 1. The van der Waals surface area contributed by atoms with Gasteiger partial charge in [0.05, 0.1) is 24.6 Å². The molecule has 1 aromatic carbocycles. The Morgan fingerprint density at radius 3 is 2.79 bits per heavy atom. The number of thiocarbonyl (C=S) groups is 1. The third-order valence-electron chi connectivity index (χ3n) is 4.67. The van der Waals surface area contributed by atoms with E-state index in [1.54, 1.807) is 30.2 Å². The normalized spacial score (nSPS) is 16.4. The molecule has 1 unspecified atom stereocenters. The average molecular weight is 430 g/mol. The molecule has 3 rings (SSSR count). The minimum atomic E-state index is -0.452. The summed E-state index contributed by atoms with van der Waals surface area (Å²) < 4.78 is 5.27. The average Bonchev–Trinajstić information content (AvgIpc) is 3.19. The second-order valence-corrected chi connectivity index (χ2v) is 8.01. The molecule has 0 spiro atoms. The molecular formula is C21H23N3O3S2. The second-order valence-electron chi connectivity index (χ2n) is 6.59. The Balaban J connectivity index is 1.86. The van der Waals surface area contributed by atoms with Gasteiger partial charge in [-0.2, -0.15) is 0 Å². The van der Waals surface area contributed by atoms with Crippen molar-refractivity contribution in [2.24, 2.45) is 0 Å². The summed E-state index contributed by atoms with van der Waals surface area (Å²) in [5.41, 5.74) is 2.72. The molecule has 2 N–H and O–H groups in total. The van der Waals surface area contributed by atoms with E-state index in [1.165, 1.54) is 0 Å². The van der Waals surface area contributed by atoms with E-state index in [0.717, 1.165) is 16.1 Å². The minimum Gasteiger partial charge on any atom is -0.463 e. The maximum absolute atomic E-state index is 12.6. The highest BCUT2D eigenvalue weighted by atomic mass is 32.1. The number of allylic oxidation sites excluding steroid dienone is 1. The molecule has 6 nitrogen and oxygen atoms in total. The van der Waals surface area contributed by atoms with Crippen LogP contribution in [0.15, 0.2) is 53.0 Å². The van der Waals surface area contributed by atoms with Crippen LogP contribution in [-0.2, 0) is 20.7 Å².